The van der Waals surface area contributed by atoms with Crippen LogP contribution in [0.4, 0.5) is 8.78 Å². The molecule has 1 atom stereocenters. The van der Waals surface area contributed by atoms with Gasteiger partial charge in [0.2, 0.25) is 0 Å². The van der Waals surface area contributed by atoms with Crippen molar-refractivity contribution in [3.63, 3.8) is 0 Å². The van der Waals surface area contributed by atoms with Crippen molar-refractivity contribution >= 4 is 0 Å². The Bertz CT molecular complexity index is 395. The topological polar surface area (TPSA) is 29.3 Å². The minimum absolute atomic E-state index is 0.554. The number of rotatable bonds is 1. The van der Waals surface area contributed by atoms with Crippen molar-refractivity contribution in [2.45, 2.75) is 18.4 Å². The Morgan fingerprint density at radius 2 is 2.06 bits per heavy atom. The van der Waals surface area contributed by atoms with E-state index in [0.717, 1.165) is 25.5 Å². The smallest absolute Gasteiger partial charge is 0.159 e. The summed E-state index contributed by atoms with van der Waals surface area (Å²) in [6.45, 7) is 1.68. The number of nitrogens with two attached hydrogens (primary N) is 1. The van der Waals surface area contributed by atoms with Gasteiger partial charge in [-0.05, 0) is 44.1 Å². The van der Waals surface area contributed by atoms with Gasteiger partial charge in [-0.2, -0.15) is 0 Å². The van der Waals surface area contributed by atoms with Crippen molar-refractivity contribution in [1.29, 1.82) is 0 Å². The first kappa shape index (κ1) is 11.5. The lowest BCUT2D eigenvalue weighted by atomic mass is 9.83. The van der Waals surface area contributed by atoms with Gasteiger partial charge < -0.3 is 10.6 Å². The highest BCUT2D eigenvalue weighted by atomic mass is 19.2. The normalized spacial score (nSPS) is 27.0. The van der Waals surface area contributed by atoms with Crippen LogP contribution in [0.1, 0.15) is 18.4 Å². The fourth-order valence-electron chi connectivity index (χ4n) is 2.35. The van der Waals surface area contributed by atoms with Crippen LogP contribution in [0.25, 0.3) is 0 Å². The second kappa shape index (κ2) is 4.11. The molecule has 1 aliphatic rings. The fourth-order valence-corrected chi connectivity index (χ4v) is 2.35. The standard InChI is InChI=1S/C12H16F2N2/c1-16-6-2-5-12(15,8-16)9-3-4-10(13)11(14)7-9/h3-4,7H,2,5-6,8,15H2,1H3. The van der Waals surface area contributed by atoms with Crippen LogP contribution in [-0.2, 0) is 5.54 Å². The Kier molecular flexibility index (Phi) is 2.95. The Hall–Kier alpha value is -1.00. The van der Waals surface area contributed by atoms with Gasteiger partial charge >= 0.3 is 0 Å². The van der Waals surface area contributed by atoms with E-state index < -0.39 is 17.2 Å². The molecule has 1 fully saturated rings. The molecular formula is C12H16F2N2. The second-order valence-electron chi connectivity index (χ2n) is 4.63. The van der Waals surface area contributed by atoms with E-state index >= 15 is 0 Å². The van der Waals surface area contributed by atoms with E-state index in [2.05, 4.69) is 4.90 Å². The summed E-state index contributed by atoms with van der Waals surface area (Å²) in [5.74, 6) is -1.65. The van der Waals surface area contributed by atoms with Gasteiger partial charge in [-0.3, -0.25) is 0 Å². The van der Waals surface area contributed by atoms with Crippen LogP contribution in [-0.4, -0.2) is 25.0 Å². The van der Waals surface area contributed by atoms with E-state index in [1.54, 1.807) is 6.07 Å². The monoisotopic (exact) mass is 226 g/mol. The van der Waals surface area contributed by atoms with Gasteiger partial charge in [0.1, 0.15) is 0 Å². The van der Waals surface area contributed by atoms with Crippen molar-refractivity contribution in [3.8, 4) is 0 Å². The van der Waals surface area contributed by atoms with Gasteiger partial charge in [-0.1, -0.05) is 6.07 Å². The molecular weight excluding hydrogens is 210 g/mol. The highest BCUT2D eigenvalue weighted by Crippen LogP contribution is 2.29. The van der Waals surface area contributed by atoms with E-state index in [0.29, 0.717) is 12.1 Å². The third-order valence-electron chi connectivity index (χ3n) is 3.21. The van der Waals surface area contributed by atoms with Crippen LogP contribution < -0.4 is 5.73 Å². The molecule has 0 bridgehead atoms. The summed E-state index contributed by atoms with van der Waals surface area (Å²) in [5, 5.41) is 0. The predicted molar refractivity (Wildman–Crippen MR) is 59.0 cm³/mol. The molecule has 1 unspecified atom stereocenters. The molecule has 0 saturated carbocycles. The molecule has 4 heteroatoms. The molecule has 1 aromatic carbocycles. The summed E-state index contributed by atoms with van der Waals surface area (Å²) in [6.07, 6.45) is 1.79. The highest BCUT2D eigenvalue weighted by molar-refractivity contribution is 5.26. The lowest BCUT2D eigenvalue weighted by molar-refractivity contribution is 0.179. The number of likely N-dealkylation sites (N-methyl/N-ethyl adjacent to an activating group) is 1. The maximum Gasteiger partial charge on any atom is 0.159 e. The van der Waals surface area contributed by atoms with E-state index in [4.69, 9.17) is 5.73 Å². The predicted octanol–water partition coefficient (Wildman–Crippen LogP) is 1.84. The van der Waals surface area contributed by atoms with Crippen LogP contribution in [0.3, 0.4) is 0 Å². The molecule has 16 heavy (non-hydrogen) atoms. The van der Waals surface area contributed by atoms with Crippen molar-refractivity contribution < 1.29 is 8.78 Å². The number of halogens is 2. The Balaban J connectivity index is 2.31. The zero-order valence-corrected chi connectivity index (χ0v) is 9.34. The quantitative estimate of drug-likeness (QED) is 0.791. The fraction of sp³-hybridized carbons (Fsp3) is 0.500. The van der Waals surface area contributed by atoms with E-state index in [1.807, 2.05) is 7.05 Å². The Labute approximate surface area is 94.0 Å². The highest BCUT2D eigenvalue weighted by Gasteiger charge is 2.32. The second-order valence-corrected chi connectivity index (χ2v) is 4.63. The number of hydrogen-bond acceptors (Lipinski definition) is 2. The van der Waals surface area contributed by atoms with Gasteiger partial charge in [-0.15, -0.1) is 0 Å². The molecule has 1 aliphatic heterocycles. The number of piperidine rings is 1. The van der Waals surface area contributed by atoms with Gasteiger partial charge in [0.05, 0.1) is 5.54 Å². The van der Waals surface area contributed by atoms with Crippen LogP contribution in [0, 0.1) is 11.6 Å². The molecule has 0 aromatic heterocycles. The van der Waals surface area contributed by atoms with Crippen molar-refractivity contribution in [3.05, 3.63) is 35.4 Å². The number of benzene rings is 1. The molecule has 2 rings (SSSR count). The van der Waals surface area contributed by atoms with E-state index in [-0.39, 0.29) is 0 Å². The number of nitrogens with zero attached hydrogens (tertiary/aromatic N) is 1. The van der Waals surface area contributed by atoms with Crippen LogP contribution in [0.2, 0.25) is 0 Å². The summed E-state index contributed by atoms with van der Waals surface area (Å²) in [5.41, 5.74) is 6.38. The van der Waals surface area contributed by atoms with Crippen LogP contribution in [0.15, 0.2) is 18.2 Å². The first-order valence-electron chi connectivity index (χ1n) is 5.44. The van der Waals surface area contributed by atoms with Gasteiger partial charge in [0, 0.05) is 6.54 Å². The summed E-state index contributed by atoms with van der Waals surface area (Å²) in [7, 11) is 1.99. The third kappa shape index (κ3) is 2.08. The summed E-state index contributed by atoms with van der Waals surface area (Å²) in [4.78, 5) is 2.12. The minimum atomic E-state index is -0.824. The maximum absolute atomic E-state index is 13.2. The first-order chi connectivity index (χ1) is 7.51. The SMILES string of the molecule is CN1CCCC(N)(c2ccc(F)c(F)c2)C1. The molecule has 2 nitrogen and oxygen atoms in total. The molecule has 2 N–H and O–H groups in total. The third-order valence-corrected chi connectivity index (χ3v) is 3.21. The van der Waals surface area contributed by atoms with Crippen molar-refractivity contribution in [1.82, 2.24) is 4.90 Å². The van der Waals surface area contributed by atoms with Crippen LogP contribution in [0.5, 0.6) is 0 Å². The lowest BCUT2D eigenvalue weighted by Crippen LogP contribution is -2.50. The molecule has 1 heterocycles. The molecule has 1 saturated heterocycles. The van der Waals surface area contributed by atoms with Crippen LogP contribution >= 0.6 is 0 Å². The zero-order valence-electron chi connectivity index (χ0n) is 9.34. The Morgan fingerprint density at radius 1 is 1.31 bits per heavy atom. The number of hydrogen-bond donors (Lipinski definition) is 1. The molecule has 0 amide bonds. The molecule has 0 radical (unpaired) electrons. The molecule has 0 aliphatic carbocycles. The lowest BCUT2D eigenvalue weighted by Gasteiger charge is -2.39. The summed E-state index contributed by atoms with van der Waals surface area (Å²) in [6, 6.07) is 3.94. The largest absolute Gasteiger partial charge is 0.320 e. The zero-order chi connectivity index (χ0) is 11.8. The summed E-state index contributed by atoms with van der Waals surface area (Å²) < 4.78 is 26.0. The maximum atomic E-state index is 13.2. The molecule has 1 aromatic rings. The van der Waals surface area contributed by atoms with Crippen molar-refractivity contribution in [2.24, 2.45) is 5.73 Å². The first-order valence-corrected chi connectivity index (χ1v) is 5.44. The molecule has 0 spiro atoms. The minimum Gasteiger partial charge on any atom is -0.320 e. The van der Waals surface area contributed by atoms with E-state index in [9.17, 15) is 8.78 Å². The van der Waals surface area contributed by atoms with Crippen molar-refractivity contribution in [2.75, 3.05) is 20.1 Å². The summed E-state index contributed by atoms with van der Waals surface area (Å²) >= 11 is 0. The number of likely N-dealkylation sites (tertiary alicyclic amines) is 1. The van der Waals surface area contributed by atoms with Gasteiger partial charge in [0.25, 0.3) is 0 Å². The van der Waals surface area contributed by atoms with Gasteiger partial charge in [0.15, 0.2) is 11.6 Å². The molecule has 88 valence electrons. The Morgan fingerprint density at radius 3 is 2.69 bits per heavy atom. The van der Waals surface area contributed by atoms with E-state index in [1.165, 1.54) is 6.07 Å². The average molecular weight is 226 g/mol. The van der Waals surface area contributed by atoms with Gasteiger partial charge in [-0.25, -0.2) is 8.78 Å². The average Bonchev–Trinajstić information content (AvgIpc) is 2.21.